The van der Waals surface area contributed by atoms with Crippen molar-refractivity contribution in [3.8, 4) is 0 Å². The summed E-state index contributed by atoms with van der Waals surface area (Å²) >= 11 is 0. The summed E-state index contributed by atoms with van der Waals surface area (Å²) in [5.74, 6) is -2.34. The van der Waals surface area contributed by atoms with E-state index in [0.717, 1.165) is 4.90 Å². The van der Waals surface area contributed by atoms with Gasteiger partial charge in [0.25, 0.3) is 5.91 Å². The second-order valence-electron chi connectivity index (χ2n) is 4.41. The third kappa shape index (κ3) is 2.67. The maximum absolute atomic E-state index is 12.2. The van der Waals surface area contributed by atoms with Crippen LogP contribution in [0.4, 0.5) is 4.79 Å². The fraction of sp³-hybridized carbons (Fsp3) is 0.333. The zero-order valence-corrected chi connectivity index (χ0v) is 10.2. The number of hydrogen-bond donors (Lipinski definition) is 3. The van der Waals surface area contributed by atoms with E-state index in [4.69, 9.17) is 10.8 Å². The van der Waals surface area contributed by atoms with Gasteiger partial charge >= 0.3 is 6.09 Å². The maximum Gasteiger partial charge on any atom is 0.410 e. The standard InChI is InChI=1S/C12H15N3O4/c13-12(19)8-14(6-7-15(12)11(17)18)10(16)9-4-2-1-3-5-9/h1-5,19H,6-8,13H2,(H,17,18)/t12-/m1/s1. The Balaban J connectivity index is 2.13. The van der Waals surface area contributed by atoms with E-state index in [1.807, 2.05) is 0 Å². The summed E-state index contributed by atoms with van der Waals surface area (Å²) in [6, 6.07) is 8.56. The van der Waals surface area contributed by atoms with E-state index in [0.29, 0.717) is 5.56 Å². The lowest BCUT2D eigenvalue weighted by Crippen LogP contribution is -2.69. The Labute approximate surface area is 109 Å². The van der Waals surface area contributed by atoms with Crippen LogP contribution in [0.2, 0.25) is 0 Å². The Morgan fingerprint density at radius 3 is 2.37 bits per heavy atom. The highest BCUT2D eigenvalue weighted by atomic mass is 16.4. The van der Waals surface area contributed by atoms with E-state index in [1.54, 1.807) is 30.3 Å². The highest BCUT2D eigenvalue weighted by Crippen LogP contribution is 2.16. The van der Waals surface area contributed by atoms with Crippen LogP contribution in [0.3, 0.4) is 0 Å². The molecule has 4 N–H and O–H groups in total. The topological polar surface area (TPSA) is 107 Å². The van der Waals surface area contributed by atoms with Crippen molar-refractivity contribution in [2.45, 2.75) is 5.85 Å². The number of β-amino-alcohol motifs (C(OH)–C–C–N with tert-alkyl or cyclic N) is 1. The number of carboxylic acid groups (broad SMARTS) is 1. The lowest BCUT2D eigenvalue weighted by atomic mass is 10.1. The van der Waals surface area contributed by atoms with E-state index < -0.39 is 11.9 Å². The molecule has 0 saturated carbocycles. The van der Waals surface area contributed by atoms with E-state index in [-0.39, 0.29) is 25.5 Å². The van der Waals surface area contributed by atoms with Gasteiger partial charge in [-0.2, -0.15) is 0 Å². The minimum absolute atomic E-state index is 0.0269. The first-order chi connectivity index (χ1) is 8.92. The molecule has 1 fully saturated rings. The molecule has 2 rings (SSSR count). The summed E-state index contributed by atoms with van der Waals surface area (Å²) in [5.41, 5.74) is 6.01. The van der Waals surface area contributed by atoms with Crippen molar-refractivity contribution in [1.82, 2.24) is 9.80 Å². The quantitative estimate of drug-likeness (QED) is 0.606. The fourth-order valence-electron chi connectivity index (χ4n) is 2.06. The molecule has 0 aromatic heterocycles. The lowest BCUT2D eigenvalue weighted by Gasteiger charge is -2.43. The van der Waals surface area contributed by atoms with E-state index in [9.17, 15) is 14.7 Å². The van der Waals surface area contributed by atoms with Gasteiger partial charge in [0.1, 0.15) is 0 Å². The van der Waals surface area contributed by atoms with Gasteiger partial charge < -0.3 is 15.1 Å². The molecule has 19 heavy (non-hydrogen) atoms. The molecular weight excluding hydrogens is 250 g/mol. The average molecular weight is 265 g/mol. The molecule has 0 radical (unpaired) electrons. The zero-order valence-electron chi connectivity index (χ0n) is 10.2. The second-order valence-corrected chi connectivity index (χ2v) is 4.41. The molecule has 102 valence electrons. The highest BCUT2D eigenvalue weighted by molar-refractivity contribution is 5.94. The van der Waals surface area contributed by atoms with Gasteiger partial charge in [0.15, 0.2) is 0 Å². The highest BCUT2D eigenvalue weighted by Gasteiger charge is 2.41. The second kappa shape index (κ2) is 4.87. The van der Waals surface area contributed by atoms with Gasteiger partial charge in [0, 0.05) is 18.7 Å². The number of nitrogens with two attached hydrogens (primary N) is 1. The number of aliphatic hydroxyl groups is 1. The van der Waals surface area contributed by atoms with Crippen molar-refractivity contribution >= 4 is 12.0 Å². The van der Waals surface area contributed by atoms with Crippen molar-refractivity contribution < 1.29 is 19.8 Å². The predicted molar refractivity (Wildman–Crippen MR) is 66.2 cm³/mol. The van der Waals surface area contributed by atoms with Crippen LogP contribution < -0.4 is 5.73 Å². The largest absolute Gasteiger partial charge is 0.465 e. The molecule has 0 aliphatic carbocycles. The summed E-state index contributed by atoms with van der Waals surface area (Å²) in [4.78, 5) is 25.1. The Morgan fingerprint density at radius 1 is 1.21 bits per heavy atom. The summed E-state index contributed by atoms with van der Waals surface area (Å²) in [6.07, 6.45) is -1.31. The van der Waals surface area contributed by atoms with Gasteiger partial charge in [-0.1, -0.05) is 18.2 Å². The Kier molecular flexibility index (Phi) is 3.41. The summed E-state index contributed by atoms with van der Waals surface area (Å²) in [5, 5.41) is 18.8. The van der Waals surface area contributed by atoms with Crippen molar-refractivity contribution in [2.75, 3.05) is 19.6 Å². The predicted octanol–water partition coefficient (Wildman–Crippen LogP) is -0.273. The molecule has 7 heteroatoms. The molecule has 1 aromatic rings. The number of nitrogens with zero attached hydrogens (tertiary/aromatic N) is 2. The van der Waals surface area contributed by atoms with Crippen molar-refractivity contribution in [2.24, 2.45) is 5.73 Å². The first-order valence-electron chi connectivity index (χ1n) is 5.78. The Hall–Kier alpha value is -2.12. The van der Waals surface area contributed by atoms with Crippen molar-refractivity contribution in [3.63, 3.8) is 0 Å². The Bertz CT molecular complexity index is 489. The molecular formula is C12H15N3O4. The number of piperazine rings is 1. The lowest BCUT2D eigenvalue weighted by molar-refractivity contribution is -0.123. The van der Waals surface area contributed by atoms with Crippen LogP contribution in [0.1, 0.15) is 10.4 Å². The van der Waals surface area contributed by atoms with Crippen molar-refractivity contribution in [1.29, 1.82) is 0 Å². The molecule has 0 bridgehead atoms. The maximum atomic E-state index is 12.2. The molecule has 2 amide bonds. The molecule has 1 aliphatic heterocycles. The van der Waals surface area contributed by atoms with Gasteiger partial charge in [0.2, 0.25) is 5.85 Å². The number of carbonyl (C=O) groups excluding carboxylic acids is 1. The van der Waals surface area contributed by atoms with Gasteiger partial charge in [-0.15, -0.1) is 0 Å². The first kappa shape index (κ1) is 13.3. The van der Waals surface area contributed by atoms with Crippen LogP contribution in [0.5, 0.6) is 0 Å². The summed E-state index contributed by atoms with van der Waals surface area (Å²) in [6.45, 7) is -0.0898. The van der Waals surface area contributed by atoms with Gasteiger partial charge in [-0.05, 0) is 12.1 Å². The van der Waals surface area contributed by atoms with Crippen LogP contribution in [0.15, 0.2) is 30.3 Å². The minimum atomic E-state index is -2.06. The van der Waals surface area contributed by atoms with E-state index >= 15 is 0 Å². The molecule has 1 aliphatic rings. The van der Waals surface area contributed by atoms with E-state index in [1.165, 1.54) is 4.90 Å². The van der Waals surface area contributed by atoms with Gasteiger partial charge in [-0.3, -0.25) is 15.4 Å². The van der Waals surface area contributed by atoms with E-state index in [2.05, 4.69) is 0 Å². The van der Waals surface area contributed by atoms with Crippen LogP contribution >= 0.6 is 0 Å². The number of benzene rings is 1. The fourth-order valence-corrected chi connectivity index (χ4v) is 2.06. The average Bonchev–Trinajstić information content (AvgIpc) is 2.37. The normalized spacial score (nSPS) is 23.3. The van der Waals surface area contributed by atoms with Gasteiger partial charge in [-0.25, -0.2) is 4.79 Å². The van der Waals surface area contributed by atoms with Crippen LogP contribution in [-0.2, 0) is 0 Å². The first-order valence-corrected chi connectivity index (χ1v) is 5.78. The van der Waals surface area contributed by atoms with Crippen LogP contribution in [0, 0.1) is 0 Å². The molecule has 0 unspecified atom stereocenters. The molecule has 1 atom stereocenters. The number of carbonyl (C=O) groups is 2. The third-order valence-corrected chi connectivity index (χ3v) is 3.02. The minimum Gasteiger partial charge on any atom is -0.465 e. The van der Waals surface area contributed by atoms with Crippen LogP contribution in [0.25, 0.3) is 0 Å². The molecule has 1 heterocycles. The SMILES string of the molecule is N[C@]1(O)CN(C(=O)c2ccccc2)CCN1C(=O)O. The monoisotopic (exact) mass is 265 g/mol. The van der Waals surface area contributed by atoms with Gasteiger partial charge in [0.05, 0.1) is 6.54 Å². The smallest absolute Gasteiger partial charge is 0.410 e. The molecule has 1 aromatic carbocycles. The number of rotatable bonds is 1. The van der Waals surface area contributed by atoms with Crippen LogP contribution in [-0.4, -0.2) is 57.5 Å². The molecule has 0 spiro atoms. The summed E-state index contributed by atoms with van der Waals surface area (Å²) in [7, 11) is 0. The molecule has 7 nitrogen and oxygen atoms in total. The summed E-state index contributed by atoms with van der Waals surface area (Å²) < 4.78 is 0. The van der Waals surface area contributed by atoms with Crippen molar-refractivity contribution in [3.05, 3.63) is 35.9 Å². The number of hydrogen-bond acceptors (Lipinski definition) is 4. The molecule has 1 saturated heterocycles. The third-order valence-electron chi connectivity index (χ3n) is 3.02. The zero-order chi connectivity index (χ0) is 14.0. The Morgan fingerprint density at radius 2 is 1.84 bits per heavy atom. The number of amides is 2.